The summed E-state index contributed by atoms with van der Waals surface area (Å²) < 4.78 is 1.10. The van der Waals surface area contributed by atoms with E-state index in [1.165, 1.54) is 0 Å². The number of imide groups is 1. The van der Waals surface area contributed by atoms with Crippen LogP contribution in [0.2, 0.25) is 0 Å². The number of rotatable bonds is 10. The molecule has 1 aliphatic rings. The van der Waals surface area contributed by atoms with Gasteiger partial charge in [-0.2, -0.15) is 0 Å². The maximum absolute atomic E-state index is 13.4. The number of aliphatic hydroxyl groups is 1. The number of nitrogens with one attached hydrogen (secondary N) is 3. The summed E-state index contributed by atoms with van der Waals surface area (Å²) in [6.45, 7) is 1.58. The van der Waals surface area contributed by atoms with Crippen LogP contribution in [0.1, 0.15) is 36.7 Å². The molecule has 1 unspecified atom stereocenters. The van der Waals surface area contributed by atoms with E-state index in [0.717, 1.165) is 25.3 Å². The van der Waals surface area contributed by atoms with Gasteiger partial charge in [0.15, 0.2) is 0 Å². The Kier molecular flexibility index (Phi) is 8.33. The Hall–Kier alpha value is -3.29. The van der Waals surface area contributed by atoms with Gasteiger partial charge in [0.2, 0.25) is 5.91 Å². The predicted octanol–water partition coefficient (Wildman–Crippen LogP) is 2.88. The van der Waals surface area contributed by atoms with Crippen LogP contribution in [0, 0.1) is 3.57 Å². The lowest BCUT2D eigenvalue weighted by molar-refractivity contribution is -0.138. The normalized spacial score (nSPS) is 17.1. The Balaban J connectivity index is 1.63. The first-order valence-corrected chi connectivity index (χ1v) is 12.5. The summed E-state index contributed by atoms with van der Waals surface area (Å²) in [6.07, 6.45) is 1.38. The van der Waals surface area contributed by atoms with Crippen molar-refractivity contribution in [2.24, 2.45) is 0 Å². The molecule has 4 rings (SSSR count). The molecule has 2 aromatic carbocycles. The van der Waals surface area contributed by atoms with Gasteiger partial charge in [-0.15, -0.1) is 0 Å². The van der Waals surface area contributed by atoms with Crippen LogP contribution in [0.3, 0.4) is 0 Å². The molecule has 4 amide bonds. The molecule has 1 fully saturated rings. The van der Waals surface area contributed by atoms with Gasteiger partial charge < -0.3 is 15.4 Å². The molecule has 0 radical (unpaired) electrons. The quantitative estimate of drug-likeness (QED) is 0.122. The number of nitrogens with zero attached hydrogens (tertiary/aromatic N) is 2. The van der Waals surface area contributed by atoms with E-state index in [-0.39, 0.29) is 25.6 Å². The third kappa shape index (κ3) is 5.74. The Morgan fingerprint density at radius 2 is 1.92 bits per heavy atom. The monoisotopic (exact) mass is 603 g/mol. The first kappa shape index (κ1) is 25.8. The van der Waals surface area contributed by atoms with Gasteiger partial charge in [-0.05, 0) is 45.9 Å². The predicted molar refractivity (Wildman–Crippen MR) is 139 cm³/mol. The highest BCUT2D eigenvalue weighted by molar-refractivity contribution is 14.1. The van der Waals surface area contributed by atoms with E-state index in [4.69, 9.17) is 9.94 Å². The maximum atomic E-state index is 13.4. The van der Waals surface area contributed by atoms with E-state index >= 15 is 0 Å². The van der Waals surface area contributed by atoms with Crippen molar-refractivity contribution in [3.05, 3.63) is 75.8 Å². The maximum Gasteiger partial charge on any atom is 0.325 e. The van der Waals surface area contributed by atoms with Gasteiger partial charge in [0.1, 0.15) is 17.9 Å². The summed E-state index contributed by atoms with van der Waals surface area (Å²) >= 11 is 2.23. The molecular formula is C25H26IN5O5. The molecule has 11 heteroatoms. The van der Waals surface area contributed by atoms with E-state index in [9.17, 15) is 14.4 Å². The zero-order valence-corrected chi connectivity index (χ0v) is 21.6. The molecule has 10 nitrogen and oxygen atoms in total. The van der Waals surface area contributed by atoms with Crippen molar-refractivity contribution < 1.29 is 24.3 Å². The lowest BCUT2D eigenvalue weighted by atomic mass is 9.91. The first-order valence-electron chi connectivity index (χ1n) is 11.4. The van der Waals surface area contributed by atoms with E-state index in [0.29, 0.717) is 5.82 Å². The number of carbonyl (C=O) groups is 3. The number of hydrogen-bond acceptors (Lipinski definition) is 6. The van der Waals surface area contributed by atoms with Crippen molar-refractivity contribution in [1.82, 2.24) is 25.7 Å². The number of benzene rings is 2. The highest BCUT2D eigenvalue weighted by Gasteiger charge is 2.46. The summed E-state index contributed by atoms with van der Waals surface area (Å²) in [5.74, 6) is -0.954. The molecule has 0 bridgehead atoms. The molecule has 3 aromatic rings. The van der Waals surface area contributed by atoms with Gasteiger partial charge in [-0.1, -0.05) is 49.4 Å². The Morgan fingerprint density at radius 1 is 1.19 bits per heavy atom. The molecule has 188 valence electrons. The van der Waals surface area contributed by atoms with Crippen LogP contribution in [0.15, 0.2) is 60.8 Å². The van der Waals surface area contributed by atoms with Crippen LogP contribution in [0.25, 0.3) is 11.3 Å². The van der Waals surface area contributed by atoms with Gasteiger partial charge in [0.25, 0.3) is 5.91 Å². The highest BCUT2D eigenvalue weighted by Crippen LogP contribution is 2.37. The molecule has 1 aliphatic heterocycles. The summed E-state index contributed by atoms with van der Waals surface area (Å²) in [6, 6.07) is 15.1. The zero-order valence-electron chi connectivity index (χ0n) is 19.5. The SMILES string of the molecule is C[C@@H](c1ccccc1)[C@@H](c1ncc(-c2ccc(I)cc2)[nH]1)N1C(=O)NC(CC(=O)NOCCO)C1=O. The minimum absolute atomic E-state index is 0.0824. The van der Waals surface area contributed by atoms with Gasteiger partial charge in [-0.25, -0.2) is 15.3 Å². The second kappa shape index (κ2) is 11.6. The Morgan fingerprint density at radius 3 is 2.61 bits per heavy atom. The smallest absolute Gasteiger partial charge is 0.325 e. The number of hydrogen-bond donors (Lipinski definition) is 4. The third-order valence-electron chi connectivity index (χ3n) is 5.93. The van der Waals surface area contributed by atoms with Crippen LogP contribution in [0.5, 0.6) is 0 Å². The number of amides is 4. The molecule has 0 saturated carbocycles. The van der Waals surface area contributed by atoms with Gasteiger partial charge in [-0.3, -0.25) is 19.3 Å². The van der Waals surface area contributed by atoms with Crippen LogP contribution in [-0.4, -0.2) is 57.1 Å². The van der Waals surface area contributed by atoms with E-state index in [2.05, 4.69) is 43.4 Å². The van der Waals surface area contributed by atoms with Crippen molar-refractivity contribution in [3.8, 4) is 11.3 Å². The minimum atomic E-state index is -1.05. The van der Waals surface area contributed by atoms with Gasteiger partial charge in [0, 0.05) is 9.49 Å². The number of aromatic nitrogens is 2. The zero-order chi connectivity index (χ0) is 25.7. The number of imidazole rings is 1. The van der Waals surface area contributed by atoms with Crippen molar-refractivity contribution in [2.45, 2.75) is 31.3 Å². The Bertz CT molecular complexity index is 1220. The topological polar surface area (TPSA) is 137 Å². The molecule has 0 spiro atoms. The molecule has 4 N–H and O–H groups in total. The van der Waals surface area contributed by atoms with Crippen molar-refractivity contribution >= 4 is 40.4 Å². The minimum Gasteiger partial charge on any atom is -0.394 e. The van der Waals surface area contributed by atoms with Crippen molar-refractivity contribution in [1.29, 1.82) is 0 Å². The highest BCUT2D eigenvalue weighted by atomic mass is 127. The number of halogens is 1. The molecule has 2 heterocycles. The molecule has 36 heavy (non-hydrogen) atoms. The largest absolute Gasteiger partial charge is 0.394 e. The number of hydroxylamine groups is 1. The fourth-order valence-corrected chi connectivity index (χ4v) is 4.50. The average Bonchev–Trinajstić information content (AvgIpc) is 3.46. The van der Waals surface area contributed by atoms with Crippen molar-refractivity contribution in [2.75, 3.05) is 13.2 Å². The number of carbonyl (C=O) groups excluding carboxylic acids is 3. The molecule has 1 aromatic heterocycles. The van der Waals surface area contributed by atoms with Crippen LogP contribution in [-0.2, 0) is 14.4 Å². The molecule has 3 atom stereocenters. The lowest BCUT2D eigenvalue weighted by Crippen LogP contribution is -2.39. The summed E-state index contributed by atoms with van der Waals surface area (Å²) in [5.41, 5.74) is 4.77. The fraction of sp³-hybridized carbons (Fsp3) is 0.280. The second-order valence-electron chi connectivity index (χ2n) is 8.34. The van der Waals surface area contributed by atoms with Crippen molar-refractivity contribution in [3.63, 3.8) is 0 Å². The van der Waals surface area contributed by atoms with E-state index in [1.54, 1.807) is 6.20 Å². The lowest BCUT2D eigenvalue weighted by Gasteiger charge is -2.29. The molecule has 0 aliphatic carbocycles. The summed E-state index contributed by atoms with van der Waals surface area (Å²) in [7, 11) is 0. The van der Waals surface area contributed by atoms with Gasteiger partial charge in [0.05, 0.1) is 31.5 Å². The summed E-state index contributed by atoms with van der Waals surface area (Å²) in [5, 5.41) is 11.4. The molecule has 1 saturated heterocycles. The van der Waals surface area contributed by atoms with Crippen LogP contribution < -0.4 is 10.8 Å². The fourth-order valence-electron chi connectivity index (χ4n) is 4.14. The molecular weight excluding hydrogens is 577 g/mol. The number of urea groups is 1. The van der Waals surface area contributed by atoms with E-state index in [1.807, 2.05) is 61.5 Å². The average molecular weight is 603 g/mol. The second-order valence-corrected chi connectivity index (χ2v) is 9.59. The van der Waals surface area contributed by atoms with E-state index < -0.39 is 29.9 Å². The standard InChI is InChI=1S/C25H26IN5O5/c1-15(16-5-3-2-4-6-16)22(23-27-14-20(28-23)17-7-9-18(26)10-8-17)31-24(34)19(29-25(31)35)13-21(33)30-36-12-11-32/h2-10,14-15,19,22,32H,11-13H2,1H3,(H,27,28)(H,29,35)(H,30,33)/t15-,19?,22-/m0/s1. The van der Waals surface area contributed by atoms with Crippen LogP contribution >= 0.6 is 22.6 Å². The third-order valence-corrected chi connectivity index (χ3v) is 6.65. The first-order chi connectivity index (χ1) is 17.4. The Labute approximate surface area is 221 Å². The van der Waals surface area contributed by atoms with Gasteiger partial charge >= 0.3 is 6.03 Å². The summed E-state index contributed by atoms with van der Waals surface area (Å²) in [4.78, 5) is 52.4. The number of H-pyrrole nitrogens is 1. The number of aromatic amines is 1. The number of aliphatic hydroxyl groups excluding tert-OH is 1. The van der Waals surface area contributed by atoms with Crippen LogP contribution in [0.4, 0.5) is 4.79 Å².